The Morgan fingerprint density at radius 2 is 2.25 bits per heavy atom. The highest BCUT2D eigenvalue weighted by molar-refractivity contribution is 8.13. The molecule has 0 saturated carbocycles. The third-order valence-corrected chi connectivity index (χ3v) is 4.04. The fourth-order valence-corrected chi connectivity index (χ4v) is 2.96. The summed E-state index contributed by atoms with van der Waals surface area (Å²) in [5, 5.41) is 0.0610. The zero-order valence-corrected chi connectivity index (χ0v) is 11.6. The largest absolute Gasteiger partial charge is 0.332 e. The van der Waals surface area contributed by atoms with Gasteiger partial charge in [0.15, 0.2) is 0 Å². The van der Waals surface area contributed by atoms with E-state index in [1.165, 1.54) is 11.8 Å². The number of benzene rings is 1. The van der Waals surface area contributed by atoms with E-state index in [0.717, 1.165) is 23.3 Å². The quantitative estimate of drug-likeness (QED) is 0.930. The van der Waals surface area contributed by atoms with E-state index in [4.69, 9.17) is 0 Å². The van der Waals surface area contributed by atoms with E-state index in [2.05, 4.69) is 10.4 Å². The Hall–Kier alpha value is -2.02. The number of imidazole rings is 1. The normalized spacial score (nSPS) is 15.0. The molecule has 2 aromatic rings. The zero-order chi connectivity index (χ0) is 13.9. The van der Waals surface area contributed by atoms with E-state index in [1.54, 1.807) is 15.9 Å². The van der Waals surface area contributed by atoms with E-state index in [9.17, 15) is 9.59 Å². The molecule has 1 N–H and O–H groups in total. The van der Waals surface area contributed by atoms with Gasteiger partial charge in [0.2, 0.25) is 5.91 Å². The van der Waals surface area contributed by atoms with E-state index >= 15 is 0 Å². The molecule has 2 amide bonds. The van der Waals surface area contributed by atoms with Gasteiger partial charge in [-0.3, -0.25) is 15.0 Å². The van der Waals surface area contributed by atoms with Crippen molar-refractivity contribution in [2.24, 2.45) is 0 Å². The first-order valence-corrected chi connectivity index (χ1v) is 7.36. The third-order valence-electron chi connectivity index (χ3n) is 3.15. The molecule has 2 heterocycles. The Bertz CT molecular complexity index is 655. The fourth-order valence-electron chi connectivity index (χ4n) is 2.10. The summed E-state index contributed by atoms with van der Waals surface area (Å²) in [7, 11) is 0. The lowest BCUT2D eigenvalue weighted by Gasteiger charge is -2.14. The number of hydrogen-bond donors (Lipinski definition) is 1. The van der Waals surface area contributed by atoms with Crippen LogP contribution in [-0.2, 0) is 4.79 Å². The molecule has 1 aromatic heterocycles. The molecule has 0 radical (unpaired) electrons. The van der Waals surface area contributed by atoms with Gasteiger partial charge in [0.05, 0.1) is 11.0 Å². The number of para-hydroxylation sites is 2. The zero-order valence-electron chi connectivity index (χ0n) is 10.8. The van der Waals surface area contributed by atoms with Gasteiger partial charge in [-0.05, 0) is 12.1 Å². The van der Waals surface area contributed by atoms with Crippen molar-refractivity contribution in [3.8, 4) is 0 Å². The lowest BCUT2D eigenvalue weighted by Crippen LogP contribution is -2.30. The van der Waals surface area contributed by atoms with Gasteiger partial charge >= 0.3 is 0 Å². The van der Waals surface area contributed by atoms with E-state index in [-0.39, 0.29) is 11.1 Å². The van der Waals surface area contributed by atoms with Crippen LogP contribution in [0.3, 0.4) is 0 Å². The van der Waals surface area contributed by atoms with E-state index in [0.29, 0.717) is 13.0 Å². The minimum absolute atomic E-state index is 0.0610. The van der Waals surface area contributed by atoms with Crippen molar-refractivity contribution < 1.29 is 9.59 Å². The summed E-state index contributed by atoms with van der Waals surface area (Å²) < 4.78 is 1.61. The molecule has 1 aliphatic heterocycles. The van der Waals surface area contributed by atoms with Gasteiger partial charge in [-0.25, -0.2) is 9.66 Å². The topological polar surface area (TPSA) is 67.2 Å². The Morgan fingerprint density at radius 1 is 1.40 bits per heavy atom. The maximum Gasteiger partial charge on any atom is 0.281 e. The van der Waals surface area contributed by atoms with Crippen LogP contribution in [-0.4, -0.2) is 44.5 Å². The number of fused-ring (bicyclic) bond motifs is 1. The van der Waals surface area contributed by atoms with Crippen LogP contribution >= 0.6 is 11.8 Å². The van der Waals surface area contributed by atoms with Crippen LogP contribution in [0.2, 0.25) is 0 Å². The third kappa shape index (κ3) is 2.62. The second-order valence-corrected chi connectivity index (χ2v) is 5.54. The number of nitrogens with one attached hydrogen (secondary N) is 1. The monoisotopic (exact) mass is 290 g/mol. The first kappa shape index (κ1) is 13.0. The summed E-state index contributed by atoms with van der Waals surface area (Å²) in [6.07, 6.45) is 1.87. The predicted octanol–water partition coefficient (Wildman–Crippen LogP) is 1.67. The van der Waals surface area contributed by atoms with Crippen LogP contribution < -0.4 is 5.43 Å². The summed E-state index contributed by atoms with van der Waals surface area (Å²) in [6, 6.07) is 7.58. The summed E-state index contributed by atoms with van der Waals surface area (Å²) in [4.78, 5) is 29.2. The summed E-state index contributed by atoms with van der Waals surface area (Å²) >= 11 is 1.30. The summed E-state index contributed by atoms with van der Waals surface area (Å²) in [5.74, 6) is 0.685. The van der Waals surface area contributed by atoms with E-state index < -0.39 is 0 Å². The lowest BCUT2D eigenvalue weighted by molar-refractivity contribution is -0.117. The van der Waals surface area contributed by atoms with Crippen LogP contribution in [0.25, 0.3) is 11.0 Å². The van der Waals surface area contributed by atoms with Crippen LogP contribution in [0.5, 0.6) is 0 Å². The molecule has 1 aromatic carbocycles. The standard InChI is InChI=1S/C13H14N4O2S/c18-12(5-6-16-7-8-20-13(16)19)15-17-9-14-10-3-1-2-4-11(10)17/h1-4,9H,5-8H2,(H,15,18). The first-order chi connectivity index (χ1) is 9.74. The number of aromatic nitrogens is 2. The Morgan fingerprint density at radius 3 is 3.05 bits per heavy atom. The lowest BCUT2D eigenvalue weighted by atomic mass is 10.3. The molecule has 3 rings (SSSR count). The minimum atomic E-state index is -0.127. The molecule has 6 nitrogen and oxygen atoms in total. The van der Waals surface area contributed by atoms with Crippen LogP contribution in [0.4, 0.5) is 4.79 Å². The van der Waals surface area contributed by atoms with Crippen LogP contribution in [0.15, 0.2) is 30.6 Å². The van der Waals surface area contributed by atoms with Gasteiger partial charge < -0.3 is 4.90 Å². The van der Waals surface area contributed by atoms with Crippen molar-refractivity contribution in [3.05, 3.63) is 30.6 Å². The predicted molar refractivity (Wildman–Crippen MR) is 78.1 cm³/mol. The number of carbonyl (C=O) groups is 2. The van der Waals surface area contributed by atoms with Crippen molar-refractivity contribution in [2.75, 3.05) is 24.3 Å². The number of rotatable bonds is 4. The molecular weight excluding hydrogens is 276 g/mol. The van der Waals surface area contributed by atoms with Crippen molar-refractivity contribution in [3.63, 3.8) is 0 Å². The Kier molecular flexibility index (Phi) is 3.60. The smallest absolute Gasteiger partial charge is 0.281 e. The average molecular weight is 290 g/mol. The fraction of sp³-hybridized carbons (Fsp3) is 0.308. The second kappa shape index (κ2) is 5.54. The maximum atomic E-state index is 11.9. The molecule has 1 saturated heterocycles. The summed E-state index contributed by atoms with van der Waals surface area (Å²) in [6.45, 7) is 1.19. The highest BCUT2D eigenvalue weighted by atomic mass is 32.2. The molecule has 1 fully saturated rings. The molecule has 20 heavy (non-hydrogen) atoms. The molecule has 0 bridgehead atoms. The van der Waals surface area contributed by atoms with Gasteiger partial charge in [0.1, 0.15) is 6.33 Å². The maximum absolute atomic E-state index is 11.9. The number of nitrogens with zero attached hydrogens (tertiary/aromatic N) is 3. The Balaban J connectivity index is 1.60. The van der Waals surface area contributed by atoms with Crippen molar-refractivity contribution in [1.82, 2.24) is 14.6 Å². The number of amides is 2. The molecule has 0 aliphatic carbocycles. The molecule has 0 atom stereocenters. The van der Waals surface area contributed by atoms with Crippen molar-refractivity contribution in [2.45, 2.75) is 6.42 Å². The van der Waals surface area contributed by atoms with Crippen molar-refractivity contribution in [1.29, 1.82) is 0 Å². The minimum Gasteiger partial charge on any atom is -0.332 e. The van der Waals surface area contributed by atoms with Crippen LogP contribution in [0.1, 0.15) is 6.42 Å². The van der Waals surface area contributed by atoms with Gasteiger partial charge in [0.25, 0.3) is 5.24 Å². The average Bonchev–Trinajstić information content (AvgIpc) is 3.04. The highest BCUT2D eigenvalue weighted by Gasteiger charge is 2.21. The van der Waals surface area contributed by atoms with Gasteiger partial charge in [-0.2, -0.15) is 0 Å². The molecule has 7 heteroatoms. The molecule has 0 spiro atoms. The molecule has 1 aliphatic rings. The van der Waals surface area contributed by atoms with Crippen LogP contribution in [0, 0.1) is 0 Å². The highest BCUT2D eigenvalue weighted by Crippen LogP contribution is 2.17. The first-order valence-electron chi connectivity index (χ1n) is 6.38. The SMILES string of the molecule is O=C(CCN1CCSC1=O)Nn1cnc2ccccc21. The molecular formula is C13H14N4O2S. The molecule has 104 valence electrons. The second-order valence-electron chi connectivity index (χ2n) is 4.49. The Labute approximate surface area is 120 Å². The van der Waals surface area contributed by atoms with Gasteiger partial charge in [-0.15, -0.1) is 0 Å². The van der Waals surface area contributed by atoms with Gasteiger partial charge in [0, 0.05) is 25.3 Å². The number of thioether (sulfide) groups is 1. The molecule has 0 unspecified atom stereocenters. The van der Waals surface area contributed by atoms with E-state index in [1.807, 2.05) is 24.3 Å². The summed E-state index contributed by atoms with van der Waals surface area (Å²) in [5.41, 5.74) is 4.46. The van der Waals surface area contributed by atoms with Crippen molar-refractivity contribution >= 4 is 33.9 Å². The number of carbonyl (C=O) groups excluding carboxylic acids is 2. The number of hydrogen-bond acceptors (Lipinski definition) is 4. The van der Waals surface area contributed by atoms with Gasteiger partial charge in [-0.1, -0.05) is 23.9 Å².